The molecule has 3 aliphatic carbocycles. The van der Waals surface area contributed by atoms with E-state index in [1.807, 2.05) is 0 Å². The van der Waals surface area contributed by atoms with E-state index in [9.17, 15) is 0 Å². The van der Waals surface area contributed by atoms with Crippen LogP contribution in [0.25, 0.3) is 0 Å². The molecule has 2 fully saturated rings. The number of rotatable bonds is 0. The van der Waals surface area contributed by atoms with Gasteiger partial charge in [-0.25, -0.2) is 0 Å². The summed E-state index contributed by atoms with van der Waals surface area (Å²) < 4.78 is 0. The van der Waals surface area contributed by atoms with E-state index in [4.69, 9.17) is 0 Å². The van der Waals surface area contributed by atoms with Crippen molar-refractivity contribution >= 4 is 0 Å². The monoisotopic (exact) mass is 162 g/mol. The van der Waals surface area contributed by atoms with Gasteiger partial charge in [0.05, 0.1) is 0 Å². The van der Waals surface area contributed by atoms with Gasteiger partial charge in [-0.3, -0.25) is 0 Å². The molecule has 2 saturated carbocycles. The van der Waals surface area contributed by atoms with E-state index >= 15 is 0 Å². The second kappa shape index (κ2) is 1.97. The molecule has 0 radical (unpaired) electrons. The average molecular weight is 162 g/mol. The largest absolute Gasteiger partial charge is 0.0850 e. The molecule has 0 aromatic heterocycles. The van der Waals surface area contributed by atoms with Crippen LogP contribution in [0.4, 0.5) is 0 Å². The van der Waals surface area contributed by atoms with Crippen molar-refractivity contribution in [3.63, 3.8) is 0 Å². The number of allylic oxidation sites excluding steroid dienone is 2. The normalized spacial score (nSPS) is 55.8. The van der Waals surface area contributed by atoms with Crippen molar-refractivity contribution in [1.29, 1.82) is 0 Å². The van der Waals surface area contributed by atoms with Crippen LogP contribution < -0.4 is 0 Å². The van der Waals surface area contributed by atoms with Crippen molar-refractivity contribution in [1.82, 2.24) is 0 Å². The fraction of sp³-hybridized carbons (Fsp3) is 0.833. The smallest absolute Gasteiger partial charge is 0.0141 e. The predicted molar refractivity (Wildman–Crippen MR) is 50.8 cm³/mol. The van der Waals surface area contributed by atoms with Crippen LogP contribution in [-0.2, 0) is 0 Å². The van der Waals surface area contributed by atoms with E-state index in [0.29, 0.717) is 0 Å². The quantitative estimate of drug-likeness (QED) is 0.479. The van der Waals surface area contributed by atoms with Gasteiger partial charge in [0.2, 0.25) is 0 Å². The topological polar surface area (TPSA) is 0 Å². The van der Waals surface area contributed by atoms with Crippen LogP contribution in [0.15, 0.2) is 11.6 Å². The molecule has 0 heteroatoms. The van der Waals surface area contributed by atoms with Gasteiger partial charge in [0, 0.05) is 0 Å². The van der Waals surface area contributed by atoms with E-state index in [1.165, 1.54) is 25.7 Å². The molecule has 4 atom stereocenters. The maximum Gasteiger partial charge on any atom is -0.0141 e. The van der Waals surface area contributed by atoms with Gasteiger partial charge < -0.3 is 0 Å². The molecule has 0 amide bonds. The minimum Gasteiger partial charge on any atom is -0.0850 e. The molecule has 0 nitrogen and oxygen atoms in total. The Balaban J connectivity index is 2.01. The van der Waals surface area contributed by atoms with Crippen molar-refractivity contribution in [2.24, 2.45) is 23.2 Å². The minimum absolute atomic E-state index is 0.740. The maximum atomic E-state index is 2.53. The van der Waals surface area contributed by atoms with Crippen LogP contribution in [-0.4, -0.2) is 0 Å². The lowest BCUT2D eigenvalue weighted by atomic mass is 9.71. The Labute approximate surface area is 75.0 Å². The SMILES string of the molecule is CC1=CCC2C1C1CCC2(C)C1. The van der Waals surface area contributed by atoms with Gasteiger partial charge in [-0.2, -0.15) is 0 Å². The molecule has 0 spiro atoms. The number of fused-ring (bicyclic) bond motifs is 5. The predicted octanol–water partition coefficient (Wildman–Crippen LogP) is 3.39. The molecule has 0 heterocycles. The van der Waals surface area contributed by atoms with E-state index in [2.05, 4.69) is 19.9 Å². The third kappa shape index (κ3) is 0.654. The highest BCUT2D eigenvalue weighted by atomic mass is 14.6. The van der Waals surface area contributed by atoms with Gasteiger partial charge >= 0.3 is 0 Å². The first-order valence-corrected chi connectivity index (χ1v) is 5.37. The van der Waals surface area contributed by atoms with Crippen molar-refractivity contribution in [2.75, 3.05) is 0 Å². The van der Waals surface area contributed by atoms with Gasteiger partial charge in [0.15, 0.2) is 0 Å². The summed E-state index contributed by atoms with van der Waals surface area (Å²) in [5, 5.41) is 0. The highest BCUT2D eigenvalue weighted by Crippen LogP contribution is 2.65. The van der Waals surface area contributed by atoms with Crippen LogP contribution in [0, 0.1) is 23.2 Å². The lowest BCUT2D eigenvalue weighted by Crippen LogP contribution is -2.25. The minimum atomic E-state index is 0.740. The second-order valence-electron chi connectivity index (χ2n) is 5.47. The Morgan fingerprint density at radius 3 is 3.08 bits per heavy atom. The molecule has 0 aromatic carbocycles. The summed E-state index contributed by atoms with van der Waals surface area (Å²) in [5.41, 5.74) is 2.46. The summed E-state index contributed by atoms with van der Waals surface area (Å²) in [4.78, 5) is 0. The number of hydrogen-bond donors (Lipinski definition) is 0. The molecule has 0 saturated heterocycles. The van der Waals surface area contributed by atoms with Gasteiger partial charge in [-0.15, -0.1) is 0 Å². The van der Waals surface area contributed by atoms with Crippen molar-refractivity contribution in [3.05, 3.63) is 11.6 Å². The van der Waals surface area contributed by atoms with Gasteiger partial charge in [0.1, 0.15) is 0 Å². The van der Waals surface area contributed by atoms with E-state index in [1.54, 1.807) is 5.57 Å². The lowest BCUT2D eigenvalue weighted by molar-refractivity contribution is 0.182. The zero-order valence-corrected chi connectivity index (χ0v) is 8.14. The first-order chi connectivity index (χ1) is 5.71. The molecule has 12 heavy (non-hydrogen) atoms. The highest BCUT2D eigenvalue weighted by Gasteiger charge is 2.56. The lowest BCUT2D eigenvalue weighted by Gasteiger charge is -2.33. The summed E-state index contributed by atoms with van der Waals surface area (Å²) >= 11 is 0. The third-order valence-electron chi connectivity index (χ3n) is 4.87. The van der Waals surface area contributed by atoms with Gasteiger partial charge in [0.25, 0.3) is 0 Å². The molecule has 2 bridgehead atoms. The third-order valence-corrected chi connectivity index (χ3v) is 4.87. The first kappa shape index (κ1) is 7.17. The molecular formula is C12H18. The van der Waals surface area contributed by atoms with Crippen LogP contribution in [0.2, 0.25) is 0 Å². The summed E-state index contributed by atoms with van der Waals surface area (Å²) in [6, 6.07) is 0. The summed E-state index contributed by atoms with van der Waals surface area (Å²) in [6.07, 6.45) is 8.46. The summed E-state index contributed by atoms with van der Waals surface area (Å²) in [6.45, 7) is 4.89. The summed E-state index contributed by atoms with van der Waals surface area (Å²) in [7, 11) is 0. The fourth-order valence-electron chi connectivity index (χ4n) is 4.29. The standard InChI is InChI=1S/C12H18/c1-8-3-4-10-11(8)9-5-6-12(10,2)7-9/h3,9-11H,4-7H2,1-2H3. The molecule has 66 valence electrons. The molecule has 3 aliphatic rings. The van der Waals surface area contributed by atoms with Crippen LogP contribution in [0.5, 0.6) is 0 Å². The van der Waals surface area contributed by atoms with Crippen molar-refractivity contribution in [2.45, 2.75) is 39.5 Å². The second-order valence-corrected chi connectivity index (χ2v) is 5.47. The zero-order chi connectivity index (χ0) is 8.34. The fourth-order valence-corrected chi connectivity index (χ4v) is 4.29. The molecule has 0 N–H and O–H groups in total. The maximum absolute atomic E-state index is 2.53. The van der Waals surface area contributed by atoms with Crippen LogP contribution >= 0.6 is 0 Å². The van der Waals surface area contributed by atoms with Crippen molar-refractivity contribution < 1.29 is 0 Å². The van der Waals surface area contributed by atoms with Gasteiger partial charge in [-0.1, -0.05) is 18.6 Å². The Morgan fingerprint density at radius 2 is 2.33 bits per heavy atom. The highest BCUT2D eigenvalue weighted by molar-refractivity contribution is 5.22. The first-order valence-electron chi connectivity index (χ1n) is 5.37. The number of hydrogen-bond acceptors (Lipinski definition) is 0. The Bertz CT molecular complexity index is 251. The molecule has 0 aliphatic heterocycles. The zero-order valence-electron chi connectivity index (χ0n) is 8.14. The average Bonchev–Trinajstić information content (AvgIpc) is 2.61. The van der Waals surface area contributed by atoms with Gasteiger partial charge in [-0.05, 0) is 55.8 Å². The molecule has 3 rings (SSSR count). The Hall–Kier alpha value is -0.260. The van der Waals surface area contributed by atoms with Crippen LogP contribution in [0.1, 0.15) is 39.5 Å². The van der Waals surface area contributed by atoms with E-state index in [-0.39, 0.29) is 0 Å². The summed E-state index contributed by atoms with van der Waals surface area (Å²) in [5.74, 6) is 3.11. The Kier molecular flexibility index (Phi) is 1.18. The van der Waals surface area contributed by atoms with E-state index in [0.717, 1.165) is 23.2 Å². The molecule has 4 unspecified atom stereocenters. The van der Waals surface area contributed by atoms with Crippen molar-refractivity contribution in [3.8, 4) is 0 Å². The Morgan fingerprint density at radius 1 is 1.50 bits per heavy atom. The molecular weight excluding hydrogens is 144 g/mol. The van der Waals surface area contributed by atoms with E-state index < -0.39 is 0 Å². The molecule has 0 aromatic rings. The van der Waals surface area contributed by atoms with Crippen LogP contribution in [0.3, 0.4) is 0 Å².